The molecular formula is C19H25N3O4S. The SMILES string of the molecule is COc1ccccc1CCNC(=O)CNCCc1ccc(S(N)(=O)=O)cc1. The van der Waals surface area contributed by atoms with Gasteiger partial charge in [0.25, 0.3) is 0 Å². The van der Waals surface area contributed by atoms with Gasteiger partial charge in [0.05, 0.1) is 18.6 Å². The van der Waals surface area contributed by atoms with E-state index in [1.807, 2.05) is 24.3 Å². The van der Waals surface area contributed by atoms with E-state index in [2.05, 4.69) is 10.6 Å². The minimum Gasteiger partial charge on any atom is -0.496 e. The summed E-state index contributed by atoms with van der Waals surface area (Å²) in [6, 6.07) is 14.1. The summed E-state index contributed by atoms with van der Waals surface area (Å²) in [5.74, 6) is 0.743. The normalized spacial score (nSPS) is 11.2. The molecule has 1 amide bonds. The molecular weight excluding hydrogens is 366 g/mol. The third kappa shape index (κ3) is 7.01. The molecule has 0 aliphatic rings. The van der Waals surface area contributed by atoms with Crippen LogP contribution in [0, 0.1) is 0 Å². The van der Waals surface area contributed by atoms with E-state index in [1.165, 1.54) is 12.1 Å². The molecule has 0 saturated heterocycles. The molecule has 0 heterocycles. The van der Waals surface area contributed by atoms with Gasteiger partial charge in [0.2, 0.25) is 15.9 Å². The zero-order valence-corrected chi connectivity index (χ0v) is 16.1. The maximum Gasteiger partial charge on any atom is 0.238 e. The topological polar surface area (TPSA) is 111 Å². The van der Waals surface area contributed by atoms with Gasteiger partial charge in [-0.25, -0.2) is 13.6 Å². The first-order valence-electron chi connectivity index (χ1n) is 8.61. The van der Waals surface area contributed by atoms with Crippen LogP contribution >= 0.6 is 0 Å². The molecule has 0 fully saturated rings. The van der Waals surface area contributed by atoms with Gasteiger partial charge in [-0.05, 0) is 48.7 Å². The van der Waals surface area contributed by atoms with Crippen LogP contribution in [0.4, 0.5) is 0 Å². The summed E-state index contributed by atoms with van der Waals surface area (Å²) in [5, 5.41) is 11.0. The number of nitrogens with two attached hydrogens (primary N) is 1. The summed E-state index contributed by atoms with van der Waals surface area (Å²) >= 11 is 0. The van der Waals surface area contributed by atoms with Crippen molar-refractivity contribution < 1.29 is 17.9 Å². The molecule has 0 saturated carbocycles. The highest BCUT2D eigenvalue weighted by Crippen LogP contribution is 2.17. The van der Waals surface area contributed by atoms with Gasteiger partial charge in [0, 0.05) is 6.54 Å². The number of sulfonamides is 1. The molecule has 146 valence electrons. The van der Waals surface area contributed by atoms with E-state index in [4.69, 9.17) is 9.88 Å². The van der Waals surface area contributed by atoms with Crippen molar-refractivity contribution in [3.8, 4) is 5.75 Å². The van der Waals surface area contributed by atoms with E-state index >= 15 is 0 Å². The van der Waals surface area contributed by atoms with Gasteiger partial charge in [-0.3, -0.25) is 4.79 Å². The van der Waals surface area contributed by atoms with Crippen LogP contribution in [-0.4, -0.2) is 41.1 Å². The molecule has 0 aliphatic carbocycles. The highest BCUT2D eigenvalue weighted by atomic mass is 32.2. The van der Waals surface area contributed by atoms with Crippen molar-refractivity contribution in [3.05, 3.63) is 59.7 Å². The Morgan fingerprint density at radius 3 is 2.41 bits per heavy atom. The first kappa shape index (κ1) is 20.9. The zero-order chi connectivity index (χ0) is 19.7. The lowest BCUT2D eigenvalue weighted by atomic mass is 10.1. The monoisotopic (exact) mass is 391 g/mol. The van der Waals surface area contributed by atoms with Crippen molar-refractivity contribution in [2.75, 3.05) is 26.7 Å². The van der Waals surface area contributed by atoms with E-state index in [-0.39, 0.29) is 17.3 Å². The Balaban J connectivity index is 1.65. The Morgan fingerprint density at radius 1 is 1.04 bits per heavy atom. The maximum atomic E-state index is 11.9. The summed E-state index contributed by atoms with van der Waals surface area (Å²) in [6.45, 7) is 1.37. The van der Waals surface area contributed by atoms with Crippen molar-refractivity contribution in [1.29, 1.82) is 0 Å². The second-order valence-electron chi connectivity index (χ2n) is 6.03. The average Bonchev–Trinajstić information content (AvgIpc) is 2.65. The van der Waals surface area contributed by atoms with Crippen LogP contribution < -0.4 is 20.5 Å². The third-order valence-electron chi connectivity index (χ3n) is 4.04. The number of ether oxygens (including phenoxy) is 1. The number of para-hydroxylation sites is 1. The van der Waals surface area contributed by atoms with Gasteiger partial charge in [0.15, 0.2) is 0 Å². The number of rotatable bonds is 10. The lowest BCUT2D eigenvalue weighted by Crippen LogP contribution is -2.35. The van der Waals surface area contributed by atoms with Gasteiger partial charge in [0.1, 0.15) is 5.75 Å². The van der Waals surface area contributed by atoms with E-state index in [0.29, 0.717) is 25.9 Å². The lowest BCUT2D eigenvalue weighted by Gasteiger charge is -2.09. The largest absolute Gasteiger partial charge is 0.496 e. The fraction of sp³-hybridized carbons (Fsp3) is 0.316. The van der Waals surface area contributed by atoms with Crippen LogP contribution in [0.1, 0.15) is 11.1 Å². The first-order chi connectivity index (χ1) is 12.9. The van der Waals surface area contributed by atoms with Crippen molar-refractivity contribution in [3.63, 3.8) is 0 Å². The molecule has 0 radical (unpaired) electrons. The van der Waals surface area contributed by atoms with Crippen molar-refractivity contribution in [2.45, 2.75) is 17.7 Å². The molecule has 0 aliphatic heterocycles. The lowest BCUT2D eigenvalue weighted by molar-refractivity contribution is -0.120. The van der Waals surface area contributed by atoms with Gasteiger partial charge in [-0.2, -0.15) is 0 Å². The Hall–Kier alpha value is -2.42. The van der Waals surface area contributed by atoms with Crippen LogP contribution in [0.15, 0.2) is 53.4 Å². The van der Waals surface area contributed by atoms with E-state index < -0.39 is 10.0 Å². The summed E-state index contributed by atoms with van der Waals surface area (Å²) in [5.41, 5.74) is 2.02. The summed E-state index contributed by atoms with van der Waals surface area (Å²) in [7, 11) is -2.04. The van der Waals surface area contributed by atoms with Crippen LogP contribution in [0.5, 0.6) is 5.75 Å². The van der Waals surface area contributed by atoms with E-state index in [0.717, 1.165) is 16.9 Å². The highest BCUT2D eigenvalue weighted by molar-refractivity contribution is 7.89. The Kier molecular flexibility index (Phi) is 7.78. The van der Waals surface area contributed by atoms with Crippen molar-refractivity contribution >= 4 is 15.9 Å². The Bertz CT molecular complexity index is 852. The predicted molar refractivity (Wildman–Crippen MR) is 104 cm³/mol. The number of hydrogen-bond donors (Lipinski definition) is 3. The fourth-order valence-electron chi connectivity index (χ4n) is 2.59. The Labute approximate surface area is 160 Å². The second-order valence-corrected chi connectivity index (χ2v) is 7.59. The molecule has 0 aromatic heterocycles. The third-order valence-corrected chi connectivity index (χ3v) is 4.97. The van der Waals surface area contributed by atoms with Crippen LogP contribution in [-0.2, 0) is 27.7 Å². The number of primary sulfonamides is 1. The summed E-state index contributed by atoms with van der Waals surface area (Å²) in [6.07, 6.45) is 1.38. The molecule has 2 aromatic rings. The molecule has 27 heavy (non-hydrogen) atoms. The van der Waals surface area contributed by atoms with Crippen LogP contribution in [0.2, 0.25) is 0 Å². The number of hydrogen-bond acceptors (Lipinski definition) is 5. The summed E-state index contributed by atoms with van der Waals surface area (Å²) in [4.78, 5) is 12.0. The average molecular weight is 391 g/mol. The minimum absolute atomic E-state index is 0.0746. The minimum atomic E-state index is -3.67. The molecule has 0 atom stereocenters. The first-order valence-corrected chi connectivity index (χ1v) is 10.2. The van der Waals surface area contributed by atoms with Crippen LogP contribution in [0.25, 0.3) is 0 Å². The highest BCUT2D eigenvalue weighted by Gasteiger charge is 2.07. The van der Waals surface area contributed by atoms with E-state index in [9.17, 15) is 13.2 Å². The number of amides is 1. The molecule has 0 bridgehead atoms. The van der Waals surface area contributed by atoms with Gasteiger partial charge >= 0.3 is 0 Å². The van der Waals surface area contributed by atoms with Crippen LogP contribution in [0.3, 0.4) is 0 Å². The fourth-order valence-corrected chi connectivity index (χ4v) is 3.10. The number of benzene rings is 2. The van der Waals surface area contributed by atoms with Crippen molar-refractivity contribution in [2.24, 2.45) is 5.14 Å². The number of carbonyl (C=O) groups is 1. The molecule has 2 aromatic carbocycles. The number of nitrogens with one attached hydrogen (secondary N) is 2. The smallest absolute Gasteiger partial charge is 0.238 e. The number of carbonyl (C=O) groups excluding carboxylic acids is 1. The molecule has 0 spiro atoms. The second kappa shape index (κ2) is 10.1. The summed E-state index contributed by atoms with van der Waals surface area (Å²) < 4.78 is 27.7. The van der Waals surface area contributed by atoms with E-state index in [1.54, 1.807) is 19.2 Å². The molecule has 8 heteroatoms. The quantitative estimate of drug-likeness (QED) is 0.520. The van der Waals surface area contributed by atoms with Crippen molar-refractivity contribution in [1.82, 2.24) is 10.6 Å². The zero-order valence-electron chi connectivity index (χ0n) is 15.3. The van der Waals surface area contributed by atoms with Gasteiger partial charge in [-0.15, -0.1) is 0 Å². The molecule has 4 N–H and O–H groups in total. The molecule has 2 rings (SSSR count). The molecule has 7 nitrogen and oxygen atoms in total. The van der Waals surface area contributed by atoms with Gasteiger partial charge in [-0.1, -0.05) is 30.3 Å². The maximum absolute atomic E-state index is 11.9. The standard InChI is InChI=1S/C19H25N3O4S/c1-26-18-5-3-2-4-16(18)11-13-22-19(23)14-21-12-10-15-6-8-17(9-7-15)27(20,24)25/h2-9,21H,10-14H2,1H3,(H,22,23)(H2,20,24,25). The van der Waals surface area contributed by atoms with Gasteiger partial charge < -0.3 is 15.4 Å². The predicted octanol–water partition coefficient (Wildman–Crippen LogP) is 0.834. The Morgan fingerprint density at radius 2 is 1.74 bits per heavy atom. The number of methoxy groups -OCH3 is 1. The molecule has 0 unspecified atom stereocenters.